The third kappa shape index (κ3) is 5.35. The molecule has 1 heterocycles. The number of amides is 1. The van der Waals surface area contributed by atoms with Crippen LogP contribution < -0.4 is 5.32 Å². The molecular weight excluding hydrogens is 270 g/mol. The topological polar surface area (TPSA) is 93.4 Å². The fourth-order valence-electron chi connectivity index (χ4n) is 2.58. The Labute approximate surface area is 126 Å². The lowest BCUT2D eigenvalue weighted by molar-refractivity contribution is -0.144. The second kappa shape index (κ2) is 8.63. The van der Waals surface area contributed by atoms with Gasteiger partial charge in [0.05, 0.1) is 6.07 Å². The molecule has 1 saturated heterocycles. The molecule has 21 heavy (non-hydrogen) atoms. The molecule has 1 aliphatic heterocycles. The van der Waals surface area contributed by atoms with E-state index in [1.807, 2.05) is 13.8 Å². The number of nitriles is 1. The highest BCUT2D eigenvalue weighted by molar-refractivity contribution is 5.85. The summed E-state index contributed by atoms with van der Waals surface area (Å²) in [5.41, 5.74) is 0. The Morgan fingerprint density at radius 1 is 1.43 bits per heavy atom. The number of rotatable bonds is 7. The predicted molar refractivity (Wildman–Crippen MR) is 78.4 cm³/mol. The molecule has 0 aromatic carbocycles. The van der Waals surface area contributed by atoms with Crippen molar-refractivity contribution in [3.8, 4) is 6.07 Å². The summed E-state index contributed by atoms with van der Waals surface area (Å²) in [6, 6.07) is 1.31. The summed E-state index contributed by atoms with van der Waals surface area (Å²) >= 11 is 0. The van der Waals surface area contributed by atoms with Crippen molar-refractivity contribution in [1.29, 1.82) is 5.26 Å². The van der Waals surface area contributed by atoms with Crippen molar-refractivity contribution in [2.24, 2.45) is 11.8 Å². The molecule has 0 aromatic rings. The van der Waals surface area contributed by atoms with Gasteiger partial charge in [-0.2, -0.15) is 5.26 Å². The number of carbonyl (C=O) groups excluding carboxylic acids is 1. The van der Waals surface area contributed by atoms with Gasteiger partial charge in [-0.05, 0) is 31.8 Å². The third-order valence-corrected chi connectivity index (χ3v) is 4.28. The molecule has 1 fully saturated rings. The second-order valence-corrected chi connectivity index (χ2v) is 5.73. The van der Waals surface area contributed by atoms with Crippen molar-refractivity contribution >= 4 is 11.9 Å². The highest BCUT2D eigenvalue weighted by Gasteiger charge is 2.30. The molecule has 0 saturated carbocycles. The maximum Gasteiger partial charge on any atom is 0.326 e. The molecule has 2 unspecified atom stereocenters. The zero-order valence-electron chi connectivity index (χ0n) is 12.8. The Morgan fingerprint density at radius 3 is 2.52 bits per heavy atom. The van der Waals surface area contributed by atoms with Gasteiger partial charge in [-0.15, -0.1) is 0 Å². The van der Waals surface area contributed by atoms with Crippen LogP contribution in [0.4, 0.5) is 0 Å². The normalized spacial score (nSPS) is 19.5. The van der Waals surface area contributed by atoms with E-state index >= 15 is 0 Å². The first kappa shape index (κ1) is 17.4. The number of piperidine rings is 1. The number of carbonyl (C=O) groups is 2. The highest BCUT2D eigenvalue weighted by Crippen LogP contribution is 2.18. The molecule has 0 spiro atoms. The SMILES string of the molecule is CCC(C)C(NC(=O)C1CCN(CCC#N)CC1)C(=O)O. The van der Waals surface area contributed by atoms with Crippen molar-refractivity contribution in [3.05, 3.63) is 0 Å². The van der Waals surface area contributed by atoms with Gasteiger partial charge in [0.15, 0.2) is 0 Å². The predicted octanol–water partition coefficient (Wildman–Crippen LogP) is 1.23. The summed E-state index contributed by atoms with van der Waals surface area (Å²) < 4.78 is 0. The van der Waals surface area contributed by atoms with E-state index in [4.69, 9.17) is 5.26 Å². The molecule has 6 nitrogen and oxygen atoms in total. The zero-order valence-corrected chi connectivity index (χ0v) is 12.8. The summed E-state index contributed by atoms with van der Waals surface area (Å²) in [7, 11) is 0. The Morgan fingerprint density at radius 2 is 2.05 bits per heavy atom. The molecule has 2 N–H and O–H groups in total. The zero-order chi connectivity index (χ0) is 15.8. The molecule has 1 rings (SSSR count). The Hall–Kier alpha value is -1.61. The van der Waals surface area contributed by atoms with E-state index in [9.17, 15) is 14.7 Å². The van der Waals surface area contributed by atoms with Gasteiger partial charge in [-0.1, -0.05) is 20.3 Å². The van der Waals surface area contributed by atoms with Crippen molar-refractivity contribution < 1.29 is 14.7 Å². The minimum absolute atomic E-state index is 0.0813. The molecule has 0 radical (unpaired) electrons. The van der Waals surface area contributed by atoms with Crippen LogP contribution in [0.15, 0.2) is 0 Å². The van der Waals surface area contributed by atoms with Crippen LogP contribution >= 0.6 is 0 Å². The first-order chi connectivity index (χ1) is 9.99. The van der Waals surface area contributed by atoms with E-state index < -0.39 is 12.0 Å². The Balaban J connectivity index is 2.46. The van der Waals surface area contributed by atoms with Gasteiger partial charge in [-0.25, -0.2) is 4.79 Å². The molecular formula is C15H25N3O3. The van der Waals surface area contributed by atoms with E-state index in [1.54, 1.807) is 0 Å². The van der Waals surface area contributed by atoms with Crippen LogP contribution in [0.2, 0.25) is 0 Å². The van der Waals surface area contributed by atoms with E-state index in [2.05, 4.69) is 16.3 Å². The lowest BCUT2D eigenvalue weighted by Gasteiger charge is -2.31. The van der Waals surface area contributed by atoms with Crippen LogP contribution in [0.25, 0.3) is 0 Å². The number of hydrogen-bond donors (Lipinski definition) is 2. The summed E-state index contributed by atoms with van der Waals surface area (Å²) in [5, 5.41) is 20.5. The summed E-state index contributed by atoms with van der Waals surface area (Å²) in [5.74, 6) is -1.32. The lowest BCUT2D eigenvalue weighted by atomic mass is 9.93. The van der Waals surface area contributed by atoms with Crippen molar-refractivity contribution in [2.75, 3.05) is 19.6 Å². The summed E-state index contributed by atoms with van der Waals surface area (Å²) in [6.45, 7) is 6.08. The van der Waals surface area contributed by atoms with Crippen LogP contribution in [0, 0.1) is 23.2 Å². The molecule has 6 heteroatoms. The fraction of sp³-hybridized carbons (Fsp3) is 0.800. The van der Waals surface area contributed by atoms with E-state index in [0.29, 0.717) is 12.8 Å². The molecule has 1 aliphatic rings. The van der Waals surface area contributed by atoms with Crippen LogP contribution in [-0.4, -0.2) is 47.6 Å². The molecule has 1 amide bonds. The standard InChI is InChI=1S/C15H25N3O3/c1-3-11(2)13(15(20)21)17-14(19)12-5-9-18(10-6-12)8-4-7-16/h11-13H,3-6,8-10H2,1-2H3,(H,17,19)(H,20,21). The number of carboxylic acids is 1. The van der Waals surface area contributed by atoms with E-state index in [0.717, 1.165) is 32.5 Å². The average Bonchev–Trinajstić information content (AvgIpc) is 2.49. The van der Waals surface area contributed by atoms with Crippen LogP contribution in [0.1, 0.15) is 39.5 Å². The number of likely N-dealkylation sites (tertiary alicyclic amines) is 1. The lowest BCUT2D eigenvalue weighted by Crippen LogP contribution is -2.49. The van der Waals surface area contributed by atoms with Crippen LogP contribution in [0.5, 0.6) is 0 Å². The third-order valence-electron chi connectivity index (χ3n) is 4.28. The van der Waals surface area contributed by atoms with Gasteiger partial charge in [0.25, 0.3) is 0 Å². The first-order valence-corrected chi connectivity index (χ1v) is 7.62. The number of nitrogens with zero attached hydrogens (tertiary/aromatic N) is 2. The van der Waals surface area contributed by atoms with Crippen molar-refractivity contribution in [2.45, 2.75) is 45.6 Å². The Kier molecular flexibility index (Phi) is 7.17. The molecule has 118 valence electrons. The maximum atomic E-state index is 12.2. The average molecular weight is 295 g/mol. The van der Waals surface area contributed by atoms with Gasteiger partial charge < -0.3 is 15.3 Å². The van der Waals surface area contributed by atoms with Crippen molar-refractivity contribution in [1.82, 2.24) is 10.2 Å². The highest BCUT2D eigenvalue weighted by atomic mass is 16.4. The smallest absolute Gasteiger partial charge is 0.326 e. The second-order valence-electron chi connectivity index (χ2n) is 5.73. The first-order valence-electron chi connectivity index (χ1n) is 7.62. The van der Waals surface area contributed by atoms with E-state index in [1.165, 1.54) is 0 Å². The monoisotopic (exact) mass is 295 g/mol. The largest absolute Gasteiger partial charge is 0.480 e. The van der Waals surface area contributed by atoms with Gasteiger partial charge in [0.1, 0.15) is 6.04 Å². The van der Waals surface area contributed by atoms with Gasteiger partial charge >= 0.3 is 5.97 Å². The Bertz CT molecular complexity index is 397. The molecule has 0 aromatic heterocycles. The van der Waals surface area contributed by atoms with Crippen LogP contribution in [-0.2, 0) is 9.59 Å². The molecule has 0 aliphatic carbocycles. The molecule has 2 atom stereocenters. The molecule has 0 bridgehead atoms. The minimum Gasteiger partial charge on any atom is -0.480 e. The number of nitrogens with one attached hydrogen (secondary N) is 1. The van der Waals surface area contributed by atoms with Gasteiger partial charge in [0.2, 0.25) is 5.91 Å². The van der Waals surface area contributed by atoms with Crippen LogP contribution in [0.3, 0.4) is 0 Å². The minimum atomic E-state index is -0.968. The van der Waals surface area contributed by atoms with Crippen molar-refractivity contribution in [3.63, 3.8) is 0 Å². The summed E-state index contributed by atoms with van der Waals surface area (Å²) in [4.78, 5) is 25.6. The van der Waals surface area contributed by atoms with Gasteiger partial charge in [0, 0.05) is 18.9 Å². The van der Waals surface area contributed by atoms with E-state index in [-0.39, 0.29) is 17.7 Å². The quantitative estimate of drug-likeness (QED) is 0.736. The number of aliphatic carboxylic acids is 1. The number of carboxylic acid groups (broad SMARTS) is 1. The summed E-state index contributed by atoms with van der Waals surface area (Å²) in [6.07, 6.45) is 2.67. The van der Waals surface area contributed by atoms with Gasteiger partial charge in [-0.3, -0.25) is 4.79 Å². The maximum absolute atomic E-state index is 12.2. The number of hydrogen-bond acceptors (Lipinski definition) is 4. The fourth-order valence-corrected chi connectivity index (χ4v) is 2.58.